The van der Waals surface area contributed by atoms with Gasteiger partial charge >= 0.3 is 5.69 Å². The summed E-state index contributed by atoms with van der Waals surface area (Å²) in [4.78, 5) is 48.5. The first-order valence-electron chi connectivity index (χ1n) is 10.9. The number of aromatic nitrogens is 3. The normalized spacial score (nSPS) is 11.0. The monoisotopic (exact) mass is 430 g/mol. The van der Waals surface area contributed by atoms with Crippen LogP contribution in [0.5, 0.6) is 0 Å². The molecule has 2 aromatic heterocycles. The lowest BCUT2D eigenvalue weighted by Gasteiger charge is -2.26. The van der Waals surface area contributed by atoms with Crippen LogP contribution in [0.25, 0.3) is 0 Å². The number of nitrogens with one attached hydrogen (secondary N) is 1. The van der Waals surface area contributed by atoms with Gasteiger partial charge in [0.1, 0.15) is 11.6 Å². The van der Waals surface area contributed by atoms with Crippen molar-refractivity contribution in [1.29, 1.82) is 0 Å². The van der Waals surface area contributed by atoms with Crippen molar-refractivity contribution in [2.45, 2.75) is 54.0 Å². The summed E-state index contributed by atoms with van der Waals surface area (Å²) in [5.74, 6) is 0.471. The first-order valence-corrected chi connectivity index (χ1v) is 10.9. The lowest BCUT2D eigenvalue weighted by molar-refractivity contribution is 0.0983. The number of carbonyl (C=O) groups is 1. The van der Waals surface area contributed by atoms with Crippen LogP contribution >= 0.6 is 0 Å². The minimum absolute atomic E-state index is 0.00206. The molecule has 170 valence electrons. The summed E-state index contributed by atoms with van der Waals surface area (Å²) in [6, 6.07) is 3.50. The van der Waals surface area contributed by atoms with E-state index in [4.69, 9.17) is 5.73 Å². The van der Waals surface area contributed by atoms with Crippen molar-refractivity contribution in [2.75, 3.05) is 35.2 Å². The highest BCUT2D eigenvalue weighted by atomic mass is 16.2. The Bertz CT molecular complexity index is 990. The molecule has 9 heteroatoms. The summed E-state index contributed by atoms with van der Waals surface area (Å²) < 4.78 is 1.32. The number of pyridine rings is 1. The minimum atomic E-state index is -0.669. The largest absolute Gasteiger partial charge is 0.383 e. The Labute approximate surface area is 182 Å². The number of aromatic amines is 1. The number of hydrogen-bond donors (Lipinski definition) is 2. The zero-order valence-electron chi connectivity index (χ0n) is 19.1. The van der Waals surface area contributed by atoms with Crippen LogP contribution in [-0.2, 0) is 6.54 Å². The molecule has 0 radical (unpaired) electrons. The van der Waals surface area contributed by atoms with Gasteiger partial charge in [0.15, 0.2) is 5.69 Å². The Morgan fingerprint density at radius 3 is 2.39 bits per heavy atom. The van der Waals surface area contributed by atoms with Gasteiger partial charge in [-0.15, -0.1) is 0 Å². The Morgan fingerprint density at radius 2 is 1.87 bits per heavy atom. The number of hydrogen-bond acceptors (Lipinski definition) is 6. The second-order valence-corrected chi connectivity index (χ2v) is 7.89. The van der Waals surface area contributed by atoms with Gasteiger partial charge in [-0.1, -0.05) is 27.2 Å². The van der Waals surface area contributed by atoms with Crippen LogP contribution < -0.4 is 26.8 Å². The molecule has 0 aliphatic heterocycles. The topological polar surface area (TPSA) is 117 Å². The van der Waals surface area contributed by atoms with Crippen molar-refractivity contribution in [2.24, 2.45) is 5.92 Å². The van der Waals surface area contributed by atoms with E-state index in [1.54, 1.807) is 12.1 Å². The van der Waals surface area contributed by atoms with Gasteiger partial charge in [-0.05, 0) is 38.3 Å². The summed E-state index contributed by atoms with van der Waals surface area (Å²) in [5, 5.41) is 0. The van der Waals surface area contributed by atoms with Crippen LogP contribution in [0.4, 0.5) is 17.3 Å². The number of carbonyl (C=O) groups excluding carboxylic acids is 1. The molecule has 0 saturated heterocycles. The standard InChI is InChI=1S/C22H34N6O3/c1-6-9-12-27-19(23)18(20(29)25-22(27)31)28(14-15(4)5)21(30)16-10-11-17(24-13-16)26(7-2)8-3/h10-11,13,15H,6-9,12,14,23H2,1-5H3,(H,25,29,31). The van der Waals surface area contributed by atoms with Crippen molar-refractivity contribution in [1.82, 2.24) is 14.5 Å². The van der Waals surface area contributed by atoms with Gasteiger partial charge in [0.2, 0.25) is 0 Å². The molecule has 2 heterocycles. The van der Waals surface area contributed by atoms with E-state index in [1.165, 1.54) is 15.7 Å². The number of nitrogen functional groups attached to an aromatic ring is 1. The molecule has 0 unspecified atom stereocenters. The maximum Gasteiger partial charge on any atom is 0.330 e. The lowest BCUT2D eigenvalue weighted by atomic mass is 10.1. The predicted octanol–water partition coefficient (Wildman–Crippen LogP) is 2.46. The molecule has 0 atom stereocenters. The van der Waals surface area contributed by atoms with E-state index in [-0.39, 0.29) is 29.9 Å². The highest BCUT2D eigenvalue weighted by molar-refractivity contribution is 6.07. The number of H-pyrrole nitrogens is 1. The fourth-order valence-electron chi connectivity index (χ4n) is 3.42. The average Bonchev–Trinajstić information content (AvgIpc) is 2.73. The summed E-state index contributed by atoms with van der Waals surface area (Å²) in [5.41, 5.74) is 5.36. The van der Waals surface area contributed by atoms with Gasteiger partial charge in [-0.25, -0.2) is 9.78 Å². The fraction of sp³-hybridized carbons (Fsp3) is 0.545. The van der Waals surface area contributed by atoms with Gasteiger partial charge in [-0.2, -0.15) is 0 Å². The smallest absolute Gasteiger partial charge is 0.330 e. The van der Waals surface area contributed by atoms with E-state index in [2.05, 4.69) is 14.9 Å². The Balaban J connectivity index is 2.52. The maximum absolute atomic E-state index is 13.4. The van der Waals surface area contributed by atoms with E-state index in [9.17, 15) is 14.4 Å². The van der Waals surface area contributed by atoms with Crippen molar-refractivity contribution in [3.63, 3.8) is 0 Å². The highest BCUT2D eigenvalue weighted by Crippen LogP contribution is 2.22. The Morgan fingerprint density at radius 1 is 1.19 bits per heavy atom. The van der Waals surface area contributed by atoms with Gasteiger partial charge < -0.3 is 15.5 Å². The molecular formula is C22H34N6O3. The van der Waals surface area contributed by atoms with E-state index in [0.29, 0.717) is 12.1 Å². The third-order valence-corrected chi connectivity index (χ3v) is 5.09. The van der Waals surface area contributed by atoms with Gasteiger partial charge in [-0.3, -0.25) is 19.1 Å². The van der Waals surface area contributed by atoms with Crippen molar-refractivity contribution >= 4 is 23.2 Å². The van der Waals surface area contributed by atoms with Crippen LogP contribution in [-0.4, -0.2) is 40.1 Å². The second kappa shape index (κ2) is 10.8. The second-order valence-electron chi connectivity index (χ2n) is 7.89. The quantitative estimate of drug-likeness (QED) is 0.598. The Hall–Kier alpha value is -3.10. The highest BCUT2D eigenvalue weighted by Gasteiger charge is 2.26. The molecule has 3 N–H and O–H groups in total. The molecular weight excluding hydrogens is 396 g/mol. The zero-order chi connectivity index (χ0) is 23.1. The molecule has 9 nitrogen and oxygen atoms in total. The first-order chi connectivity index (χ1) is 14.7. The molecule has 0 saturated carbocycles. The molecule has 0 fully saturated rings. The number of amides is 1. The number of rotatable bonds is 10. The molecule has 0 aromatic carbocycles. The first kappa shape index (κ1) is 24.2. The van der Waals surface area contributed by atoms with Gasteiger partial charge in [0.05, 0.1) is 5.56 Å². The summed E-state index contributed by atoms with van der Waals surface area (Å²) >= 11 is 0. The molecule has 1 amide bonds. The van der Waals surface area contributed by atoms with Crippen molar-refractivity contribution in [3.05, 3.63) is 44.7 Å². The average molecular weight is 431 g/mol. The molecule has 2 aromatic rings. The van der Waals surface area contributed by atoms with Gasteiger partial charge in [0, 0.05) is 32.4 Å². The van der Waals surface area contributed by atoms with E-state index in [0.717, 1.165) is 31.7 Å². The summed E-state index contributed by atoms with van der Waals surface area (Å²) in [6.45, 7) is 12.2. The van der Waals surface area contributed by atoms with Crippen molar-refractivity contribution < 1.29 is 4.79 Å². The molecule has 0 aliphatic rings. The van der Waals surface area contributed by atoms with Crippen LogP contribution in [0.3, 0.4) is 0 Å². The van der Waals surface area contributed by atoms with E-state index in [1.807, 2.05) is 34.6 Å². The van der Waals surface area contributed by atoms with Crippen LogP contribution in [0.15, 0.2) is 27.9 Å². The molecule has 0 spiro atoms. The fourth-order valence-corrected chi connectivity index (χ4v) is 3.42. The van der Waals surface area contributed by atoms with E-state index >= 15 is 0 Å². The molecule has 2 rings (SSSR count). The van der Waals surface area contributed by atoms with Crippen LogP contribution in [0.1, 0.15) is 57.8 Å². The number of nitrogens with zero attached hydrogens (tertiary/aromatic N) is 4. The maximum atomic E-state index is 13.4. The molecule has 0 aliphatic carbocycles. The number of nitrogens with two attached hydrogens (primary N) is 1. The minimum Gasteiger partial charge on any atom is -0.383 e. The SMILES string of the molecule is CCCCn1c(N)c(N(CC(C)C)C(=O)c2ccc(N(CC)CC)nc2)c(=O)[nH]c1=O. The van der Waals surface area contributed by atoms with Crippen LogP contribution in [0.2, 0.25) is 0 Å². The predicted molar refractivity (Wildman–Crippen MR) is 125 cm³/mol. The number of anilines is 3. The van der Waals surface area contributed by atoms with Crippen molar-refractivity contribution in [3.8, 4) is 0 Å². The molecule has 0 bridgehead atoms. The van der Waals surface area contributed by atoms with Crippen LogP contribution in [0, 0.1) is 5.92 Å². The number of unbranched alkanes of at least 4 members (excludes halogenated alkanes) is 1. The van der Waals surface area contributed by atoms with Gasteiger partial charge in [0.25, 0.3) is 11.5 Å². The summed E-state index contributed by atoms with van der Waals surface area (Å²) in [7, 11) is 0. The molecule has 31 heavy (non-hydrogen) atoms. The third-order valence-electron chi connectivity index (χ3n) is 5.09. The summed E-state index contributed by atoms with van der Waals surface area (Å²) in [6.07, 6.45) is 3.10. The lowest BCUT2D eigenvalue weighted by Crippen LogP contribution is -2.42. The Kier molecular flexibility index (Phi) is 8.41. The third kappa shape index (κ3) is 5.53. The van der Waals surface area contributed by atoms with E-state index < -0.39 is 11.2 Å². The zero-order valence-corrected chi connectivity index (χ0v) is 19.1.